The molecule has 0 saturated heterocycles. The Balaban J connectivity index is 1.53. The van der Waals surface area contributed by atoms with Crippen molar-refractivity contribution in [3.63, 3.8) is 0 Å². The molecule has 1 aliphatic rings. The van der Waals surface area contributed by atoms with Crippen LogP contribution in [0.4, 0.5) is 10.8 Å². The first-order valence-electron chi connectivity index (χ1n) is 11.3. The third-order valence-electron chi connectivity index (χ3n) is 5.67. The fraction of sp³-hybridized carbons (Fsp3) is 0.308. The smallest absolute Gasteiger partial charge is 0.340 e. The first-order valence-corrected chi connectivity index (χ1v) is 12.1. The second kappa shape index (κ2) is 10.6. The van der Waals surface area contributed by atoms with E-state index in [0.29, 0.717) is 17.4 Å². The lowest BCUT2D eigenvalue weighted by atomic mass is 10.0. The van der Waals surface area contributed by atoms with Gasteiger partial charge in [-0.25, -0.2) is 9.78 Å². The molecular formula is C26H27N3O4S. The van der Waals surface area contributed by atoms with E-state index in [1.807, 2.05) is 30.3 Å². The highest BCUT2D eigenvalue weighted by molar-refractivity contribution is 7.15. The Kier molecular flexibility index (Phi) is 7.37. The number of thiazole rings is 1. The zero-order valence-electron chi connectivity index (χ0n) is 19.3. The van der Waals surface area contributed by atoms with Crippen LogP contribution in [-0.2, 0) is 33.7 Å². The summed E-state index contributed by atoms with van der Waals surface area (Å²) in [6, 6.07) is 14.7. The van der Waals surface area contributed by atoms with Crippen molar-refractivity contribution in [2.24, 2.45) is 0 Å². The van der Waals surface area contributed by atoms with Crippen LogP contribution in [0.1, 0.15) is 51.8 Å². The molecule has 1 aromatic heterocycles. The summed E-state index contributed by atoms with van der Waals surface area (Å²) in [4.78, 5) is 45.2. The van der Waals surface area contributed by atoms with Crippen LogP contribution in [0.2, 0.25) is 0 Å². The summed E-state index contributed by atoms with van der Waals surface area (Å²) >= 11 is 1.54. The van der Waals surface area contributed by atoms with Gasteiger partial charge in [0.05, 0.1) is 23.5 Å². The molecule has 1 N–H and O–H groups in total. The molecule has 0 aliphatic heterocycles. The van der Waals surface area contributed by atoms with Crippen molar-refractivity contribution in [1.82, 2.24) is 4.98 Å². The fourth-order valence-electron chi connectivity index (χ4n) is 3.95. The molecule has 0 bridgehead atoms. The van der Waals surface area contributed by atoms with E-state index >= 15 is 0 Å². The fourth-order valence-corrected chi connectivity index (χ4v) is 5.11. The van der Waals surface area contributed by atoms with Crippen LogP contribution in [0.25, 0.3) is 0 Å². The number of hydrogen-bond acceptors (Lipinski definition) is 6. The van der Waals surface area contributed by atoms with Gasteiger partial charge in [-0.1, -0.05) is 42.5 Å². The van der Waals surface area contributed by atoms with Gasteiger partial charge in [-0.2, -0.15) is 0 Å². The Labute approximate surface area is 202 Å². The third-order valence-corrected chi connectivity index (χ3v) is 6.85. The quantitative estimate of drug-likeness (QED) is 0.499. The summed E-state index contributed by atoms with van der Waals surface area (Å²) in [5, 5.41) is 3.31. The van der Waals surface area contributed by atoms with E-state index in [-0.39, 0.29) is 17.4 Å². The van der Waals surface area contributed by atoms with E-state index in [0.717, 1.165) is 42.5 Å². The molecule has 0 saturated carbocycles. The first kappa shape index (κ1) is 23.6. The van der Waals surface area contributed by atoms with Crippen LogP contribution < -0.4 is 10.2 Å². The maximum absolute atomic E-state index is 13.3. The molecule has 0 spiro atoms. The summed E-state index contributed by atoms with van der Waals surface area (Å²) in [5.41, 5.74) is 3.36. The topological polar surface area (TPSA) is 88.6 Å². The molecule has 34 heavy (non-hydrogen) atoms. The predicted molar refractivity (Wildman–Crippen MR) is 132 cm³/mol. The molecule has 2 aromatic carbocycles. The molecular weight excluding hydrogens is 450 g/mol. The van der Waals surface area contributed by atoms with Crippen molar-refractivity contribution in [3.8, 4) is 0 Å². The van der Waals surface area contributed by atoms with E-state index in [1.54, 1.807) is 30.0 Å². The molecule has 0 fully saturated rings. The molecule has 0 radical (unpaired) electrons. The van der Waals surface area contributed by atoms with Crippen LogP contribution >= 0.6 is 11.3 Å². The van der Waals surface area contributed by atoms with Crippen LogP contribution in [0, 0.1) is 6.92 Å². The molecule has 1 heterocycles. The van der Waals surface area contributed by atoms with Gasteiger partial charge in [0.1, 0.15) is 0 Å². The van der Waals surface area contributed by atoms with Gasteiger partial charge in [0.25, 0.3) is 5.91 Å². The number of hydrogen-bond donors (Lipinski definition) is 1. The Hall–Kier alpha value is -3.52. The van der Waals surface area contributed by atoms with E-state index in [9.17, 15) is 14.4 Å². The number of benzene rings is 2. The van der Waals surface area contributed by atoms with Crippen LogP contribution in [0.5, 0.6) is 0 Å². The highest BCUT2D eigenvalue weighted by atomic mass is 32.1. The molecule has 3 aromatic rings. The van der Waals surface area contributed by atoms with E-state index in [4.69, 9.17) is 9.72 Å². The minimum absolute atomic E-state index is 0.210. The summed E-state index contributed by atoms with van der Waals surface area (Å²) in [7, 11) is 0. The molecule has 7 nitrogen and oxygen atoms in total. The lowest BCUT2D eigenvalue weighted by Crippen LogP contribution is -2.34. The Morgan fingerprint density at radius 3 is 2.56 bits per heavy atom. The number of nitrogens with zero attached hydrogens (tertiary/aromatic N) is 2. The normalized spacial score (nSPS) is 12.5. The number of rotatable bonds is 7. The predicted octanol–water partition coefficient (Wildman–Crippen LogP) is 4.68. The van der Waals surface area contributed by atoms with Gasteiger partial charge in [0.15, 0.2) is 11.7 Å². The van der Waals surface area contributed by atoms with Crippen LogP contribution in [0.15, 0.2) is 48.5 Å². The number of para-hydroxylation sites is 1. The minimum atomic E-state index is -0.668. The minimum Gasteiger partial charge on any atom is -0.452 e. The summed E-state index contributed by atoms with van der Waals surface area (Å²) in [6.07, 6.45) is 4.14. The van der Waals surface area contributed by atoms with Gasteiger partial charge in [-0.3, -0.25) is 14.5 Å². The van der Waals surface area contributed by atoms with Gasteiger partial charge in [0.2, 0.25) is 5.91 Å². The van der Waals surface area contributed by atoms with Crippen LogP contribution in [-0.4, -0.2) is 29.4 Å². The number of nitrogens with one attached hydrogen (secondary N) is 1. The number of carbonyl (C=O) groups is 3. The summed E-state index contributed by atoms with van der Waals surface area (Å²) in [6.45, 7) is 3.08. The molecule has 4 rings (SSSR count). The maximum Gasteiger partial charge on any atom is 0.340 e. The average molecular weight is 478 g/mol. The van der Waals surface area contributed by atoms with Gasteiger partial charge in [-0.05, 0) is 49.8 Å². The van der Waals surface area contributed by atoms with Gasteiger partial charge in [-0.15, -0.1) is 11.3 Å². The number of fused-ring (bicyclic) bond motifs is 1. The lowest BCUT2D eigenvalue weighted by Gasteiger charge is -2.20. The molecule has 0 atom stereocenters. The Morgan fingerprint density at radius 1 is 1.06 bits per heavy atom. The summed E-state index contributed by atoms with van der Waals surface area (Å²) in [5.74, 6) is -1.31. The Bertz CT molecular complexity index is 1180. The maximum atomic E-state index is 13.3. The van der Waals surface area contributed by atoms with E-state index < -0.39 is 12.6 Å². The highest BCUT2D eigenvalue weighted by Crippen LogP contribution is 2.32. The van der Waals surface area contributed by atoms with E-state index in [2.05, 4.69) is 5.32 Å². The average Bonchev–Trinajstić information content (AvgIpc) is 3.26. The van der Waals surface area contributed by atoms with Gasteiger partial charge in [0, 0.05) is 11.8 Å². The molecule has 8 heteroatoms. The molecule has 1 aliphatic carbocycles. The second-order valence-electron chi connectivity index (χ2n) is 8.29. The third kappa shape index (κ3) is 5.51. The van der Waals surface area contributed by atoms with Crippen molar-refractivity contribution in [2.75, 3.05) is 16.8 Å². The molecule has 0 unspecified atom stereocenters. The first-order chi connectivity index (χ1) is 16.4. The zero-order chi connectivity index (χ0) is 24.1. The monoisotopic (exact) mass is 477 g/mol. The van der Waals surface area contributed by atoms with Crippen molar-refractivity contribution >= 4 is 39.9 Å². The SMILES string of the molecule is CC(=O)Nc1c(C)cccc1C(=O)OCC(=O)N(Cc1ccccc1)c1nc2c(s1)CCCC2. The number of amides is 2. The number of aromatic nitrogens is 1. The largest absolute Gasteiger partial charge is 0.452 e. The number of carbonyl (C=O) groups excluding carboxylic acids is 3. The lowest BCUT2D eigenvalue weighted by molar-refractivity contribution is -0.121. The number of ether oxygens (including phenoxy) is 1. The van der Waals surface area contributed by atoms with Crippen molar-refractivity contribution in [2.45, 2.75) is 46.1 Å². The zero-order valence-corrected chi connectivity index (χ0v) is 20.1. The number of aryl methyl sites for hydroxylation is 3. The summed E-state index contributed by atoms with van der Waals surface area (Å²) < 4.78 is 5.40. The van der Waals surface area contributed by atoms with Gasteiger partial charge >= 0.3 is 5.97 Å². The van der Waals surface area contributed by atoms with Crippen molar-refractivity contribution in [3.05, 3.63) is 75.8 Å². The van der Waals surface area contributed by atoms with Crippen molar-refractivity contribution < 1.29 is 19.1 Å². The second-order valence-corrected chi connectivity index (χ2v) is 9.36. The highest BCUT2D eigenvalue weighted by Gasteiger charge is 2.25. The standard InChI is InChI=1S/C26H27N3O4S/c1-17-9-8-12-20(24(17)27-18(2)30)25(32)33-16-23(31)29(15-19-10-4-3-5-11-19)26-28-21-13-6-7-14-22(21)34-26/h3-5,8-12H,6-7,13-16H2,1-2H3,(H,27,30). The van der Waals surface area contributed by atoms with Crippen molar-refractivity contribution in [1.29, 1.82) is 0 Å². The van der Waals surface area contributed by atoms with E-state index in [1.165, 1.54) is 23.1 Å². The number of anilines is 2. The van der Waals surface area contributed by atoms with Gasteiger partial charge < -0.3 is 10.1 Å². The van der Waals surface area contributed by atoms with Crippen LogP contribution in [0.3, 0.4) is 0 Å². The number of esters is 1. The molecule has 2 amide bonds. The molecule has 176 valence electrons. The Morgan fingerprint density at radius 2 is 1.82 bits per heavy atom.